The van der Waals surface area contributed by atoms with Crippen molar-refractivity contribution in [2.24, 2.45) is 0 Å². The number of carboxylic acid groups (broad SMARTS) is 1. The van der Waals surface area contributed by atoms with Crippen molar-refractivity contribution in [2.45, 2.75) is 26.2 Å². The Balaban J connectivity index is 2.03. The maximum absolute atomic E-state index is 10.8. The van der Waals surface area contributed by atoms with Crippen LogP contribution in [0.25, 0.3) is 0 Å². The van der Waals surface area contributed by atoms with Gasteiger partial charge in [0.05, 0.1) is 0 Å². The zero-order valence-electron chi connectivity index (χ0n) is 12.9. The van der Waals surface area contributed by atoms with E-state index >= 15 is 0 Å². The average molecular weight is 357 g/mol. The molecule has 0 saturated carbocycles. The molecule has 0 bridgehead atoms. The van der Waals surface area contributed by atoms with Crippen molar-refractivity contribution < 1.29 is 9.90 Å². The van der Waals surface area contributed by atoms with Crippen molar-refractivity contribution in [3.63, 3.8) is 0 Å². The van der Waals surface area contributed by atoms with Crippen LogP contribution in [-0.4, -0.2) is 26.0 Å². The standard InChI is InChI=1S/C19H18O2Se/c1-19(2,3)16-8-10-17(11-9-16)22-13-12-14-4-6-15(7-5-14)18(20)21/h4-11H,1-3H3,(H,20,21). The Hall–Kier alpha value is -2.01. The second-order valence-electron chi connectivity index (χ2n) is 5.99. The molecule has 0 radical (unpaired) electrons. The number of benzene rings is 2. The van der Waals surface area contributed by atoms with E-state index in [1.807, 2.05) is 0 Å². The molecular formula is C19H18O2Se. The van der Waals surface area contributed by atoms with Crippen molar-refractivity contribution in [3.8, 4) is 10.7 Å². The minimum absolute atomic E-state index is 0.0991. The Morgan fingerprint density at radius 2 is 1.59 bits per heavy atom. The van der Waals surface area contributed by atoms with E-state index in [0.29, 0.717) is 0 Å². The molecule has 2 aromatic rings. The van der Waals surface area contributed by atoms with Crippen LogP contribution in [-0.2, 0) is 5.41 Å². The van der Waals surface area contributed by atoms with Crippen LogP contribution >= 0.6 is 0 Å². The molecule has 0 aliphatic heterocycles. The fraction of sp³-hybridized carbons (Fsp3) is 0.211. The third-order valence-electron chi connectivity index (χ3n) is 3.22. The van der Waals surface area contributed by atoms with Crippen molar-refractivity contribution in [2.75, 3.05) is 0 Å². The number of aromatic carboxylic acids is 1. The number of carbonyl (C=O) groups is 1. The molecular weight excluding hydrogens is 339 g/mol. The fourth-order valence-electron chi connectivity index (χ4n) is 1.86. The van der Waals surface area contributed by atoms with Gasteiger partial charge >= 0.3 is 137 Å². The van der Waals surface area contributed by atoms with Crippen LogP contribution in [0.15, 0.2) is 48.5 Å². The Morgan fingerprint density at radius 1 is 1.00 bits per heavy atom. The monoisotopic (exact) mass is 358 g/mol. The third kappa shape index (κ3) is 4.49. The van der Waals surface area contributed by atoms with Gasteiger partial charge in [0.25, 0.3) is 0 Å². The third-order valence-corrected chi connectivity index (χ3v) is 4.71. The number of carboxylic acids is 1. The summed E-state index contributed by atoms with van der Waals surface area (Å²) in [5, 5.41) is 8.85. The molecule has 3 heteroatoms. The van der Waals surface area contributed by atoms with Crippen LogP contribution in [0.3, 0.4) is 0 Å². The van der Waals surface area contributed by atoms with Crippen LogP contribution in [0.1, 0.15) is 42.3 Å². The first-order valence-corrected chi connectivity index (χ1v) is 8.69. The van der Waals surface area contributed by atoms with E-state index in [4.69, 9.17) is 5.11 Å². The van der Waals surface area contributed by atoms with E-state index < -0.39 is 5.97 Å². The van der Waals surface area contributed by atoms with E-state index in [0.717, 1.165) is 5.56 Å². The van der Waals surface area contributed by atoms with Gasteiger partial charge in [0.15, 0.2) is 0 Å². The molecule has 2 aromatic carbocycles. The molecule has 0 amide bonds. The molecule has 112 valence electrons. The van der Waals surface area contributed by atoms with Gasteiger partial charge in [0.1, 0.15) is 0 Å². The fourth-order valence-corrected chi connectivity index (χ4v) is 3.04. The van der Waals surface area contributed by atoms with E-state index in [2.05, 4.69) is 55.8 Å². The Labute approximate surface area is 137 Å². The summed E-state index contributed by atoms with van der Waals surface area (Å²) in [6.07, 6.45) is 0. The predicted molar refractivity (Wildman–Crippen MR) is 90.8 cm³/mol. The normalized spacial score (nSPS) is 10.7. The molecule has 1 N–H and O–H groups in total. The Morgan fingerprint density at radius 3 is 2.09 bits per heavy atom. The summed E-state index contributed by atoms with van der Waals surface area (Å²) in [6.45, 7) is 6.61. The van der Waals surface area contributed by atoms with Gasteiger partial charge in [0, 0.05) is 0 Å². The predicted octanol–water partition coefficient (Wildman–Crippen LogP) is 3.02. The molecule has 0 unspecified atom stereocenters. The van der Waals surface area contributed by atoms with E-state index in [1.165, 1.54) is 10.0 Å². The number of rotatable bonds is 2. The summed E-state index contributed by atoms with van der Waals surface area (Å²) in [5.74, 6) is 2.17. The van der Waals surface area contributed by atoms with Gasteiger partial charge < -0.3 is 0 Å². The molecule has 2 nitrogen and oxygen atoms in total. The van der Waals surface area contributed by atoms with Crippen LogP contribution in [0.5, 0.6) is 0 Å². The van der Waals surface area contributed by atoms with Gasteiger partial charge in [-0.25, -0.2) is 0 Å². The quantitative estimate of drug-likeness (QED) is 0.663. The second-order valence-corrected chi connectivity index (χ2v) is 7.83. The average Bonchev–Trinajstić information content (AvgIpc) is 2.47. The SMILES string of the molecule is CC(C)(C)c1ccc([Se]C#Cc2ccc(C(=O)O)cc2)cc1. The van der Waals surface area contributed by atoms with E-state index in [-0.39, 0.29) is 25.9 Å². The zero-order valence-corrected chi connectivity index (χ0v) is 14.6. The van der Waals surface area contributed by atoms with Crippen LogP contribution < -0.4 is 4.46 Å². The van der Waals surface area contributed by atoms with Crippen LogP contribution in [0.2, 0.25) is 0 Å². The molecule has 2 rings (SSSR count). The molecule has 0 atom stereocenters. The molecule has 0 spiro atoms. The molecule has 0 aromatic heterocycles. The van der Waals surface area contributed by atoms with Gasteiger partial charge in [-0.3, -0.25) is 0 Å². The van der Waals surface area contributed by atoms with E-state index in [9.17, 15) is 4.79 Å². The van der Waals surface area contributed by atoms with Gasteiger partial charge in [-0.05, 0) is 0 Å². The molecule has 0 saturated heterocycles. The van der Waals surface area contributed by atoms with Crippen molar-refractivity contribution in [1.82, 2.24) is 0 Å². The van der Waals surface area contributed by atoms with Gasteiger partial charge in [-0.15, -0.1) is 0 Å². The molecule has 0 heterocycles. The Kier molecular flexibility index (Phi) is 5.08. The van der Waals surface area contributed by atoms with Crippen molar-refractivity contribution >= 4 is 25.4 Å². The minimum atomic E-state index is -0.914. The summed E-state index contributed by atoms with van der Waals surface area (Å²) >= 11 is 0.0991. The number of hydrogen-bond acceptors (Lipinski definition) is 1. The summed E-state index contributed by atoms with van der Waals surface area (Å²) in [5.41, 5.74) is 2.62. The van der Waals surface area contributed by atoms with Gasteiger partial charge in [-0.1, -0.05) is 0 Å². The summed E-state index contributed by atoms with van der Waals surface area (Å²) in [6, 6.07) is 15.3. The Bertz CT molecular complexity index is 711. The van der Waals surface area contributed by atoms with Crippen molar-refractivity contribution in [3.05, 3.63) is 65.2 Å². The van der Waals surface area contributed by atoms with Crippen LogP contribution in [0, 0.1) is 10.7 Å². The number of hydrogen-bond donors (Lipinski definition) is 1. The molecule has 0 aliphatic carbocycles. The zero-order chi connectivity index (χ0) is 16.2. The first-order chi connectivity index (χ1) is 10.4. The van der Waals surface area contributed by atoms with Gasteiger partial charge in [0.2, 0.25) is 0 Å². The second kappa shape index (κ2) is 6.83. The molecule has 22 heavy (non-hydrogen) atoms. The summed E-state index contributed by atoms with van der Waals surface area (Å²) in [4.78, 5) is 14.0. The maximum atomic E-state index is 10.8. The first-order valence-electron chi connectivity index (χ1n) is 6.98. The summed E-state index contributed by atoms with van der Waals surface area (Å²) < 4.78 is 1.25. The molecule has 0 fully saturated rings. The molecule has 0 aliphatic rings. The topological polar surface area (TPSA) is 37.3 Å². The first kappa shape index (κ1) is 16.4. The van der Waals surface area contributed by atoms with Crippen molar-refractivity contribution in [1.29, 1.82) is 0 Å². The van der Waals surface area contributed by atoms with Gasteiger partial charge in [-0.2, -0.15) is 0 Å². The van der Waals surface area contributed by atoms with Crippen LogP contribution in [0.4, 0.5) is 0 Å². The van der Waals surface area contributed by atoms with E-state index in [1.54, 1.807) is 24.3 Å². The summed E-state index contributed by atoms with van der Waals surface area (Å²) in [7, 11) is 0.